The number of benzene rings is 1. The van der Waals surface area contributed by atoms with Gasteiger partial charge in [0, 0.05) is 25.0 Å². The van der Waals surface area contributed by atoms with Gasteiger partial charge in [-0.05, 0) is 42.7 Å². The summed E-state index contributed by atoms with van der Waals surface area (Å²) in [7, 11) is 1.62. The van der Waals surface area contributed by atoms with Crippen molar-refractivity contribution in [1.82, 2.24) is 14.3 Å². The summed E-state index contributed by atoms with van der Waals surface area (Å²) >= 11 is 0. The predicted octanol–water partition coefficient (Wildman–Crippen LogP) is 2.51. The number of methoxy groups -OCH3 is 1. The number of aromatic nitrogens is 2. The highest BCUT2D eigenvalue weighted by molar-refractivity contribution is 5.94. The van der Waals surface area contributed by atoms with E-state index in [1.54, 1.807) is 30.3 Å². The zero-order valence-electron chi connectivity index (χ0n) is 14.5. The molecule has 2 heterocycles. The van der Waals surface area contributed by atoms with Crippen LogP contribution in [-0.2, 0) is 6.54 Å². The van der Waals surface area contributed by atoms with Crippen LogP contribution in [-0.4, -0.2) is 33.3 Å². The fourth-order valence-corrected chi connectivity index (χ4v) is 3.01. The van der Waals surface area contributed by atoms with Gasteiger partial charge >= 0.3 is 0 Å². The maximum atomic E-state index is 13.1. The summed E-state index contributed by atoms with van der Waals surface area (Å²) in [6.45, 7) is 0.463. The molecule has 0 bridgehead atoms. The summed E-state index contributed by atoms with van der Waals surface area (Å²) in [4.78, 5) is 31.8. The first kappa shape index (κ1) is 16.3. The Labute approximate surface area is 150 Å². The van der Waals surface area contributed by atoms with Gasteiger partial charge in [-0.2, -0.15) is 0 Å². The Balaban J connectivity index is 1.65. The maximum Gasteiger partial charge on any atom is 0.270 e. The van der Waals surface area contributed by atoms with E-state index < -0.39 is 0 Å². The van der Waals surface area contributed by atoms with Crippen molar-refractivity contribution in [2.75, 3.05) is 7.11 Å². The molecule has 1 aromatic carbocycles. The molecule has 0 spiro atoms. The summed E-state index contributed by atoms with van der Waals surface area (Å²) in [5, 5.41) is 0. The number of rotatable bonds is 5. The first-order valence-electron chi connectivity index (χ1n) is 8.57. The van der Waals surface area contributed by atoms with E-state index in [9.17, 15) is 9.59 Å². The molecule has 0 radical (unpaired) electrons. The number of hydrogen-bond donors (Lipinski definition) is 0. The fraction of sp³-hybridized carbons (Fsp3) is 0.250. The van der Waals surface area contributed by atoms with E-state index in [-0.39, 0.29) is 23.1 Å². The van der Waals surface area contributed by atoms with Gasteiger partial charge in [0.2, 0.25) is 0 Å². The van der Waals surface area contributed by atoms with Gasteiger partial charge in [-0.3, -0.25) is 14.0 Å². The summed E-state index contributed by atoms with van der Waals surface area (Å²) in [5.41, 5.74) is 1.30. The standard InChI is InChI=1S/C20H19N3O3/c1-26-16-9-5-14(6-10-16)13-23(15-7-8-15)20(25)17-12-21-18-4-2-3-11-22(18)19(17)24/h2-6,9-12,15H,7-8,13H2,1H3. The lowest BCUT2D eigenvalue weighted by Gasteiger charge is -2.22. The lowest BCUT2D eigenvalue weighted by molar-refractivity contribution is 0.0727. The smallest absolute Gasteiger partial charge is 0.270 e. The van der Waals surface area contributed by atoms with Crippen molar-refractivity contribution >= 4 is 11.6 Å². The van der Waals surface area contributed by atoms with E-state index in [1.165, 1.54) is 10.6 Å². The molecule has 0 saturated heterocycles. The molecule has 0 atom stereocenters. The minimum Gasteiger partial charge on any atom is -0.497 e. The van der Waals surface area contributed by atoms with Crippen LogP contribution in [0.2, 0.25) is 0 Å². The van der Waals surface area contributed by atoms with Crippen molar-refractivity contribution in [3.63, 3.8) is 0 Å². The molecule has 0 N–H and O–H groups in total. The third-order valence-electron chi connectivity index (χ3n) is 4.60. The van der Waals surface area contributed by atoms with Crippen molar-refractivity contribution in [3.05, 3.63) is 76.3 Å². The second-order valence-corrected chi connectivity index (χ2v) is 6.42. The lowest BCUT2D eigenvalue weighted by atomic mass is 10.2. The SMILES string of the molecule is COc1ccc(CN(C(=O)c2cnc3ccccn3c2=O)C2CC2)cc1. The van der Waals surface area contributed by atoms with Gasteiger partial charge < -0.3 is 9.64 Å². The van der Waals surface area contributed by atoms with E-state index in [1.807, 2.05) is 30.3 Å². The predicted molar refractivity (Wildman–Crippen MR) is 97.4 cm³/mol. The van der Waals surface area contributed by atoms with Crippen LogP contribution in [0.3, 0.4) is 0 Å². The normalized spacial score (nSPS) is 13.6. The maximum absolute atomic E-state index is 13.1. The van der Waals surface area contributed by atoms with Crippen LogP contribution >= 0.6 is 0 Å². The van der Waals surface area contributed by atoms with Crippen molar-refractivity contribution in [2.45, 2.75) is 25.4 Å². The molecule has 1 aliphatic rings. The lowest BCUT2D eigenvalue weighted by Crippen LogP contribution is -2.37. The Kier molecular flexibility index (Phi) is 4.16. The van der Waals surface area contributed by atoms with E-state index >= 15 is 0 Å². The van der Waals surface area contributed by atoms with Crippen molar-refractivity contribution < 1.29 is 9.53 Å². The van der Waals surface area contributed by atoms with Gasteiger partial charge in [-0.25, -0.2) is 4.98 Å². The molecular formula is C20H19N3O3. The van der Waals surface area contributed by atoms with Crippen molar-refractivity contribution in [2.24, 2.45) is 0 Å². The van der Waals surface area contributed by atoms with Crippen LogP contribution < -0.4 is 10.3 Å². The summed E-state index contributed by atoms with van der Waals surface area (Å²) < 4.78 is 6.58. The number of fused-ring (bicyclic) bond motifs is 1. The van der Waals surface area contributed by atoms with Crippen LogP contribution in [0.5, 0.6) is 5.75 Å². The Morgan fingerprint density at radius 1 is 1.23 bits per heavy atom. The van der Waals surface area contributed by atoms with Crippen LogP contribution in [0.15, 0.2) is 59.7 Å². The molecule has 6 nitrogen and oxygen atoms in total. The molecule has 0 unspecified atom stereocenters. The van der Waals surface area contributed by atoms with Crippen molar-refractivity contribution in [1.29, 1.82) is 0 Å². The van der Waals surface area contributed by atoms with E-state index in [0.717, 1.165) is 24.2 Å². The Morgan fingerprint density at radius 3 is 2.69 bits per heavy atom. The van der Waals surface area contributed by atoms with Crippen LogP contribution in [0.25, 0.3) is 5.65 Å². The van der Waals surface area contributed by atoms with Gasteiger partial charge in [0.1, 0.15) is 17.0 Å². The number of pyridine rings is 1. The van der Waals surface area contributed by atoms with Crippen LogP contribution in [0.1, 0.15) is 28.8 Å². The monoisotopic (exact) mass is 349 g/mol. The number of hydrogen-bond acceptors (Lipinski definition) is 4. The Hall–Kier alpha value is -3.15. The fourth-order valence-electron chi connectivity index (χ4n) is 3.01. The summed E-state index contributed by atoms with van der Waals surface area (Å²) in [6, 6.07) is 13.1. The first-order chi connectivity index (χ1) is 12.7. The second kappa shape index (κ2) is 6.63. The molecule has 4 rings (SSSR count). The topological polar surface area (TPSA) is 63.9 Å². The highest BCUT2D eigenvalue weighted by Gasteiger charge is 2.34. The van der Waals surface area contributed by atoms with Gasteiger partial charge in [-0.15, -0.1) is 0 Å². The first-order valence-corrected chi connectivity index (χ1v) is 8.57. The van der Waals surface area contributed by atoms with E-state index in [0.29, 0.717) is 12.2 Å². The number of nitrogens with zero attached hydrogens (tertiary/aromatic N) is 3. The third-order valence-corrected chi connectivity index (χ3v) is 4.60. The molecule has 26 heavy (non-hydrogen) atoms. The summed E-state index contributed by atoms with van der Waals surface area (Å²) in [6.07, 6.45) is 4.95. The molecule has 132 valence electrons. The van der Waals surface area contributed by atoms with E-state index in [4.69, 9.17) is 4.74 Å². The van der Waals surface area contributed by atoms with Gasteiger partial charge in [-0.1, -0.05) is 18.2 Å². The highest BCUT2D eigenvalue weighted by atomic mass is 16.5. The molecule has 1 saturated carbocycles. The molecule has 1 amide bonds. The minimum atomic E-state index is -0.332. The van der Waals surface area contributed by atoms with Gasteiger partial charge in [0.15, 0.2) is 0 Å². The molecule has 3 aromatic rings. The zero-order valence-corrected chi connectivity index (χ0v) is 14.5. The highest BCUT2D eigenvalue weighted by Crippen LogP contribution is 2.29. The Bertz CT molecular complexity index is 1010. The summed E-state index contributed by atoms with van der Waals surface area (Å²) in [5.74, 6) is 0.508. The molecule has 1 aliphatic carbocycles. The van der Waals surface area contributed by atoms with Crippen LogP contribution in [0, 0.1) is 0 Å². The average molecular weight is 349 g/mol. The largest absolute Gasteiger partial charge is 0.497 e. The Morgan fingerprint density at radius 2 is 2.00 bits per heavy atom. The minimum absolute atomic E-state index is 0.106. The quantitative estimate of drug-likeness (QED) is 0.710. The molecule has 6 heteroatoms. The average Bonchev–Trinajstić information content (AvgIpc) is 3.52. The molecule has 0 aliphatic heterocycles. The number of carbonyl (C=O) groups excluding carboxylic acids is 1. The second-order valence-electron chi connectivity index (χ2n) is 6.42. The molecule has 1 fully saturated rings. The zero-order chi connectivity index (χ0) is 18.1. The van der Waals surface area contributed by atoms with Crippen LogP contribution in [0.4, 0.5) is 0 Å². The molecule has 2 aromatic heterocycles. The number of carbonyl (C=O) groups is 1. The number of ether oxygens (including phenoxy) is 1. The molecular weight excluding hydrogens is 330 g/mol. The number of amides is 1. The van der Waals surface area contributed by atoms with E-state index in [2.05, 4.69) is 4.98 Å². The van der Waals surface area contributed by atoms with Gasteiger partial charge in [0.05, 0.1) is 7.11 Å². The van der Waals surface area contributed by atoms with Crippen molar-refractivity contribution in [3.8, 4) is 5.75 Å². The third kappa shape index (κ3) is 3.06. The van der Waals surface area contributed by atoms with Gasteiger partial charge in [0.25, 0.3) is 11.5 Å².